The summed E-state index contributed by atoms with van der Waals surface area (Å²) in [5.74, 6) is -0.586. The van der Waals surface area contributed by atoms with E-state index in [0.29, 0.717) is 12.8 Å². The van der Waals surface area contributed by atoms with Crippen LogP contribution >= 0.6 is 0 Å². The summed E-state index contributed by atoms with van der Waals surface area (Å²) in [6, 6.07) is -0.985. The second-order valence-electron chi connectivity index (χ2n) is 14.7. The molecule has 6 nitrogen and oxygen atoms in total. The van der Waals surface area contributed by atoms with Gasteiger partial charge in [-0.1, -0.05) is 193 Å². The molecule has 5 N–H and O–H groups in total. The fourth-order valence-corrected chi connectivity index (χ4v) is 6.57. The molecule has 48 heavy (non-hydrogen) atoms. The lowest BCUT2D eigenvalue weighted by atomic mass is 9.99. The molecule has 0 aliphatic heterocycles. The van der Waals surface area contributed by atoms with E-state index >= 15 is 0 Å². The number of nitrogens with one attached hydrogen (secondary N) is 1. The number of unbranched alkanes of at least 4 members (excludes halogenated alkanes) is 27. The highest BCUT2D eigenvalue weighted by Crippen LogP contribution is 2.16. The molecule has 0 aromatic rings. The molecule has 0 aliphatic carbocycles. The zero-order valence-corrected chi connectivity index (χ0v) is 32.0. The first-order valence-corrected chi connectivity index (χ1v) is 21.1. The second-order valence-corrected chi connectivity index (χ2v) is 14.7. The van der Waals surface area contributed by atoms with Gasteiger partial charge in [0.25, 0.3) is 0 Å². The molecule has 0 radical (unpaired) electrons. The third-order valence-corrected chi connectivity index (χ3v) is 9.98. The van der Waals surface area contributed by atoms with Gasteiger partial charge < -0.3 is 25.7 Å². The van der Waals surface area contributed by atoms with Crippen LogP contribution in [0.2, 0.25) is 0 Å². The molecule has 6 heteroatoms. The van der Waals surface area contributed by atoms with E-state index in [1.807, 2.05) is 0 Å². The van der Waals surface area contributed by atoms with E-state index in [9.17, 15) is 25.2 Å². The minimum absolute atomic E-state index is 0.371. The smallest absolute Gasteiger partial charge is 0.249 e. The highest BCUT2D eigenvalue weighted by Gasteiger charge is 2.28. The molecule has 0 rings (SSSR count). The number of aliphatic hydroxyl groups excluding tert-OH is 4. The highest BCUT2D eigenvalue weighted by atomic mass is 16.3. The van der Waals surface area contributed by atoms with Gasteiger partial charge in [0.15, 0.2) is 0 Å². The van der Waals surface area contributed by atoms with Crippen LogP contribution in [0.25, 0.3) is 0 Å². The van der Waals surface area contributed by atoms with Crippen LogP contribution < -0.4 is 5.32 Å². The summed E-state index contributed by atoms with van der Waals surface area (Å²) in [5, 5.41) is 43.5. The predicted molar refractivity (Wildman–Crippen MR) is 205 cm³/mol. The van der Waals surface area contributed by atoms with E-state index in [4.69, 9.17) is 0 Å². The summed E-state index contributed by atoms with van der Waals surface area (Å²) in [4.78, 5) is 12.5. The van der Waals surface area contributed by atoms with E-state index in [1.165, 1.54) is 141 Å². The van der Waals surface area contributed by atoms with Crippen molar-refractivity contribution in [3.63, 3.8) is 0 Å². The van der Waals surface area contributed by atoms with Crippen LogP contribution in [-0.2, 0) is 4.79 Å². The Hall–Kier alpha value is -0.950. The maximum absolute atomic E-state index is 12.5. The van der Waals surface area contributed by atoms with Gasteiger partial charge >= 0.3 is 0 Å². The number of allylic oxidation sites excluding steroid dienone is 2. The Kier molecular flexibility index (Phi) is 36.6. The maximum Gasteiger partial charge on any atom is 0.249 e. The molecular formula is C42H83NO5. The molecule has 0 saturated carbocycles. The fourth-order valence-electron chi connectivity index (χ4n) is 6.57. The molecular weight excluding hydrogens is 598 g/mol. The zero-order valence-electron chi connectivity index (χ0n) is 32.0. The van der Waals surface area contributed by atoms with Gasteiger partial charge in [0.05, 0.1) is 18.8 Å². The van der Waals surface area contributed by atoms with E-state index in [0.717, 1.165) is 51.4 Å². The summed E-state index contributed by atoms with van der Waals surface area (Å²) in [6.45, 7) is 4.02. The van der Waals surface area contributed by atoms with Gasteiger partial charge in [-0.15, -0.1) is 0 Å². The van der Waals surface area contributed by atoms with Crippen molar-refractivity contribution in [3.8, 4) is 0 Å². The topological polar surface area (TPSA) is 110 Å². The largest absolute Gasteiger partial charge is 0.394 e. The SMILES string of the molecule is CCCCC/C=C/CCCCCCC[C@@H](O)[C@@H](O)[C@H](CO)NC(=O)[C@H](O)CCCCCCCCCCCCCCCCCCCCCC. The van der Waals surface area contributed by atoms with E-state index in [2.05, 4.69) is 31.3 Å². The molecule has 0 aromatic heterocycles. The molecule has 0 aromatic carbocycles. The van der Waals surface area contributed by atoms with Gasteiger partial charge in [0.1, 0.15) is 12.2 Å². The Morgan fingerprint density at radius 3 is 1.25 bits per heavy atom. The van der Waals surface area contributed by atoms with Crippen molar-refractivity contribution in [2.75, 3.05) is 6.61 Å². The van der Waals surface area contributed by atoms with Crippen molar-refractivity contribution in [1.29, 1.82) is 0 Å². The predicted octanol–water partition coefficient (Wildman–Crippen LogP) is 10.6. The van der Waals surface area contributed by atoms with Crippen molar-refractivity contribution < 1.29 is 25.2 Å². The van der Waals surface area contributed by atoms with Crippen molar-refractivity contribution in [3.05, 3.63) is 12.2 Å². The molecule has 4 atom stereocenters. The van der Waals surface area contributed by atoms with E-state index in [1.54, 1.807) is 0 Å². The number of carbonyl (C=O) groups is 1. The zero-order chi connectivity index (χ0) is 35.3. The van der Waals surface area contributed by atoms with Crippen LogP contribution in [0.3, 0.4) is 0 Å². The molecule has 0 saturated heterocycles. The van der Waals surface area contributed by atoms with Gasteiger partial charge in [0, 0.05) is 0 Å². The Morgan fingerprint density at radius 2 is 0.833 bits per heavy atom. The molecule has 0 unspecified atom stereocenters. The third-order valence-electron chi connectivity index (χ3n) is 9.98. The maximum atomic E-state index is 12.5. The summed E-state index contributed by atoms with van der Waals surface area (Å²) in [5.41, 5.74) is 0. The standard InChI is InChI=1S/C42H83NO5/c1-3-5-7-9-11-13-15-17-18-19-20-21-22-23-24-26-28-30-32-34-36-40(46)42(48)43-38(37-44)41(47)39(45)35-33-31-29-27-25-16-14-12-10-8-6-4-2/h12,14,38-41,44-47H,3-11,13,15-37H2,1-2H3,(H,43,48)/b14-12+/t38-,39+,40+,41-/m0/s1. The first-order chi connectivity index (χ1) is 23.5. The first kappa shape index (κ1) is 47.0. The number of aliphatic hydroxyl groups is 4. The Bertz CT molecular complexity index is 687. The molecule has 286 valence electrons. The van der Waals surface area contributed by atoms with Gasteiger partial charge in [0.2, 0.25) is 5.91 Å². The van der Waals surface area contributed by atoms with Crippen molar-refractivity contribution in [2.24, 2.45) is 0 Å². The van der Waals surface area contributed by atoms with Gasteiger partial charge in [-0.3, -0.25) is 4.79 Å². The summed E-state index contributed by atoms with van der Waals surface area (Å²) < 4.78 is 0. The number of hydrogen-bond acceptors (Lipinski definition) is 5. The Morgan fingerprint density at radius 1 is 0.500 bits per heavy atom. The lowest BCUT2D eigenvalue weighted by Crippen LogP contribution is -2.53. The number of amides is 1. The number of carbonyl (C=O) groups excluding carboxylic acids is 1. The first-order valence-electron chi connectivity index (χ1n) is 21.1. The monoisotopic (exact) mass is 682 g/mol. The average molecular weight is 682 g/mol. The second kappa shape index (κ2) is 37.3. The van der Waals surface area contributed by atoms with Crippen LogP contribution in [0, 0.1) is 0 Å². The minimum atomic E-state index is -1.26. The molecule has 0 bridgehead atoms. The van der Waals surface area contributed by atoms with E-state index in [-0.39, 0.29) is 0 Å². The van der Waals surface area contributed by atoms with Gasteiger partial charge in [-0.25, -0.2) is 0 Å². The summed E-state index contributed by atoms with van der Waals surface area (Å²) >= 11 is 0. The lowest BCUT2D eigenvalue weighted by molar-refractivity contribution is -0.132. The highest BCUT2D eigenvalue weighted by molar-refractivity contribution is 5.80. The molecule has 0 heterocycles. The van der Waals surface area contributed by atoms with Crippen LogP contribution in [0.4, 0.5) is 0 Å². The fraction of sp³-hybridized carbons (Fsp3) is 0.929. The Balaban J connectivity index is 3.71. The Labute approximate surface area is 298 Å². The molecule has 0 aliphatic rings. The average Bonchev–Trinajstić information content (AvgIpc) is 3.09. The van der Waals surface area contributed by atoms with Crippen molar-refractivity contribution in [2.45, 2.75) is 244 Å². The van der Waals surface area contributed by atoms with Crippen molar-refractivity contribution >= 4 is 5.91 Å². The van der Waals surface area contributed by atoms with Crippen LogP contribution in [0.15, 0.2) is 12.2 Å². The van der Waals surface area contributed by atoms with Crippen LogP contribution in [0.1, 0.15) is 219 Å². The summed E-state index contributed by atoms with van der Waals surface area (Å²) in [6.07, 6.45) is 39.5. The van der Waals surface area contributed by atoms with Crippen molar-refractivity contribution in [1.82, 2.24) is 5.32 Å². The van der Waals surface area contributed by atoms with Gasteiger partial charge in [-0.2, -0.15) is 0 Å². The van der Waals surface area contributed by atoms with E-state index < -0.39 is 36.9 Å². The van der Waals surface area contributed by atoms with Gasteiger partial charge in [-0.05, 0) is 38.5 Å². The molecule has 0 spiro atoms. The minimum Gasteiger partial charge on any atom is -0.394 e. The number of rotatable bonds is 38. The van der Waals surface area contributed by atoms with Crippen LogP contribution in [0.5, 0.6) is 0 Å². The lowest BCUT2D eigenvalue weighted by Gasteiger charge is -2.27. The summed E-state index contributed by atoms with van der Waals surface area (Å²) in [7, 11) is 0. The third kappa shape index (κ3) is 31.1. The molecule has 0 fully saturated rings. The number of hydrogen-bond donors (Lipinski definition) is 5. The normalized spacial score (nSPS) is 14.4. The van der Waals surface area contributed by atoms with Crippen LogP contribution in [-0.4, -0.2) is 57.3 Å². The quantitative estimate of drug-likeness (QED) is 0.0329. The molecule has 1 amide bonds.